The lowest BCUT2D eigenvalue weighted by atomic mass is 9.90. The Morgan fingerprint density at radius 1 is 1.06 bits per heavy atom. The van der Waals surface area contributed by atoms with E-state index in [0.29, 0.717) is 33.2 Å². The molecule has 36 heavy (non-hydrogen) atoms. The molecule has 8 heteroatoms. The van der Waals surface area contributed by atoms with Crippen molar-refractivity contribution in [3.05, 3.63) is 89.2 Å². The predicted octanol–water partition coefficient (Wildman–Crippen LogP) is 5.32. The number of benzene rings is 3. The van der Waals surface area contributed by atoms with E-state index in [2.05, 4.69) is 16.4 Å². The number of carbonyl (C=O) groups is 1. The van der Waals surface area contributed by atoms with Crippen molar-refractivity contribution in [1.29, 1.82) is 5.26 Å². The van der Waals surface area contributed by atoms with Gasteiger partial charge in [-0.05, 0) is 61.4 Å². The highest BCUT2D eigenvalue weighted by Gasteiger charge is 2.30. The van der Waals surface area contributed by atoms with Crippen LogP contribution in [0.2, 0.25) is 0 Å². The van der Waals surface area contributed by atoms with Gasteiger partial charge in [0.2, 0.25) is 5.91 Å². The molecule has 1 amide bonds. The van der Waals surface area contributed by atoms with Gasteiger partial charge in [-0.1, -0.05) is 55.9 Å². The first-order valence-corrected chi connectivity index (χ1v) is 12.5. The van der Waals surface area contributed by atoms with Crippen molar-refractivity contribution in [2.24, 2.45) is 5.92 Å². The zero-order valence-electron chi connectivity index (χ0n) is 20.3. The summed E-state index contributed by atoms with van der Waals surface area (Å²) in [6, 6.07) is 25.9. The Morgan fingerprint density at radius 3 is 2.36 bits per heavy atom. The molecule has 1 N–H and O–H groups in total. The summed E-state index contributed by atoms with van der Waals surface area (Å²) >= 11 is 1.15. The number of nitrogens with zero attached hydrogens (tertiary/aromatic N) is 3. The lowest BCUT2D eigenvalue weighted by Gasteiger charge is -2.27. The molecular weight excluding hydrogens is 472 g/mol. The van der Waals surface area contributed by atoms with Crippen LogP contribution in [0.5, 0.6) is 11.5 Å². The van der Waals surface area contributed by atoms with Gasteiger partial charge in [0.05, 0.1) is 28.4 Å². The standard InChI is InChI=1S/C28H26N4O3S/c1-19(2)28(3,18-29)31-25(33)17-36-27-30-24-12-8-7-11-23(24)26(34)32(27)20-13-15-22(16-14-20)35-21-9-5-4-6-10-21/h4-16,19H,17H2,1-3H3,(H,31,33). The molecular formula is C28H26N4O3S. The third-order valence-electron chi connectivity index (χ3n) is 5.94. The number of rotatable bonds is 8. The van der Waals surface area contributed by atoms with Gasteiger partial charge in [-0.2, -0.15) is 5.26 Å². The molecule has 0 spiro atoms. The van der Waals surface area contributed by atoms with E-state index in [4.69, 9.17) is 4.74 Å². The van der Waals surface area contributed by atoms with Crippen LogP contribution in [0.25, 0.3) is 16.6 Å². The van der Waals surface area contributed by atoms with Crippen LogP contribution in [0.3, 0.4) is 0 Å². The molecule has 1 heterocycles. The van der Waals surface area contributed by atoms with Gasteiger partial charge in [-0.15, -0.1) is 0 Å². The number of amides is 1. The summed E-state index contributed by atoms with van der Waals surface area (Å²) in [7, 11) is 0. The SMILES string of the molecule is CC(C)C(C)(C#N)NC(=O)CSc1nc2ccccc2c(=O)n1-c1ccc(Oc2ccccc2)cc1. The number of ether oxygens (including phenoxy) is 1. The van der Waals surface area contributed by atoms with E-state index in [1.165, 1.54) is 4.57 Å². The second-order valence-corrected chi connectivity index (χ2v) is 9.71. The normalized spacial score (nSPS) is 12.6. The maximum atomic E-state index is 13.5. The van der Waals surface area contributed by atoms with E-state index < -0.39 is 5.54 Å². The van der Waals surface area contributed by atoms with Crippen molar-refractivity contribution in [3.63, 3.8) is 0 Å². The first-order valence-electron chi connectivity index (χ1n) is 11.5. The first-order chi connectivity index (χ1) is 17.3. The molecule has 0 bridgehead atoms. The number of hydrogen-bond acceptors (Lipinski definition) is 6. The maximum absolute atomic E-state index is 13.5. The number of fused-ring (bicyclic) bond motifs is 1. The first kappa shape index (κ1) is 25.0. The summed E-state index contributed by atoms with van der Waals surface area (Å²) < 4.78 is 7.37. The van der Waals surface area contributed by atoms with Gasteiger partial charge in [0, 0.05) is 0 Å². The topological polar surface area (TPSA) is 97.0 Å². The van der Waals surface area contributed by atoms with Crippen molar-refractivity contribution >= 4 is 28.6 Å². The van der Waals surface area contributed by atoms with Gasteiger partial charge >= 0.3 is 0 Å². The number of para-hydroxylation sites is 2. The van der Waals surface area contributed by atoms with Crippen molar-refractivity contribution in [1.82, 2.24) is 14.9 Å². The number of nitriles is 1. The van der Waals surface area contributed by atoms with Crippen LogP contribution in [0.1, 0.15) is 20.8 Å². The fraction of sp³-hybridized carbons (Fsp3) is 0.214. The second kappa shape index (κ2) is 10.7. The summed E-state index contributed by atoms with van der Waals surface area (Å²) in [5, 5.41) is 13.2. The van der Waals surface area contributed by atoms with E-state index in [1.807, 2.05) is 50.2 Å². The van der Waals surface area contributed by atoms with Crippen LogP contribution < -0.4 is 15.6 Å². The minimum Gasteiger partial charge on any atom is -0.457 e. The van der Waals surface area contributed by atoms with E-state index >= 15 is 0 Å². The van der Waals surface area contributed by atoms with Crippen molar-refractivity contribution in [2.45, 2.75) is 31.5 Å². The molecule has 182 valence electrons. The minimum absolute atomic E-state index is 0.00394. The molecule has 0 radical (unpaired) electrons. The van der Waals surface area contributed by atoms with Crippen LogP contribution >= 0.6 is 11.8 Å². The van der Waals surface area contributed by atoms with E-state index in [-0.39, 0.29) is 23.1 Å². The average molecular weight is 499 g/mol. The largest absolute Gasteiger partial charge is 0.457 e. The van der Waals surface area contributed by atoms with Crippen LogP contribution in [-0.4, -0.2) is 26.8 Å². The Hall–Kier alpha value is -4.09. The lowest BCUT2D eigenvalue weighted by molar-refractivity contribution is -0.120. The zero-order chi connectivity index (χ0) is 25.7. The van der Waals surface area contributed by atoms with E-state index in [0.717, 1.165) is 11.8 Å². The Kier molecular flexibility index (Phi) is 7.41. The summed E-state index contributed by atoms with van der Waals surface area (Å²) in [5.74, 6) is 0.972. The second-order valence-electron chi connectivity index (χ2n) is 8.77. The molecule has 3 aromatic carbocycles. The number of nitrogens with one attached hydrogen (secondary N) is 1. The molecule has 0 aliphatic rings. The molecule has 1 atom stereocenters. The Labute approximate surface area is 213 Å². The zero-order valence-corrected chi connectivity index (χ0v) is 21.1. The molecule has 0 aliphatic heterocycles. The number of thioether (sulfide) groups is 1. The van der Waals surface area contributed by atoms with Crippen LogP contribution in [0, 0.1) is 17.2 Å². The van der Waals surface area contributed by atoms with E-state index in [1.54, 1.807) is 49.4 Å². The van der Waals surface area contributed by atoms with Gasteiger partial charge in [0.1, 0.15) is 17.0 Å². The van der Waals surface area contributed by atoms with Gasteiger partial charge < -0.3 is 10.1 Å². The van der Waals surface area contributed by atoms with Gasteiger partial charge in [0.15, 0.2) is 5.16 Å². The van der Waals surface area contributed by atoms with Gasteiger partial charge in [-0.3, -0.25) is 14.2 Å². The number of carbonyl (C=O) groups excluding carboxylic acids is 1. The van der Waals surface area contributed by atoms with Crippen LogP contribution in [-0.2, 0) is 4.79 Å². The molecule has 7 nitrogen and oxygen atoms in total. The molecule has 0 saturated carbocycles. The van der Waals surface area contributed by atoms with Crippen molar-refractivity contribution in [2.75, 3.05) is 5.75 Å². The van der Waals surface area contributed by atoms with Crippen molar-refractivity contribution < 1.29 is 9.53 Å². The van der Waals surface area contributed by atoms with Gasteiger partial charge in [-0.25, -0.2) is 4.98 Å². The Balaban J connectivity index is 1.65. The Morgan fingerprint density at radius 2 is 1.69 bits per heavy atom. The number of hydrogen-bond donors (Lipinski definition) is 1. The predicted molar refractivity (Wildman–Crippen MR) is 142 cm³/mol. The summed E-state index contributed by atoms with van der Waals surface area (Å²) in [5.41, 5.74) is -0.0625. The third-order valence-corrected chi connectivity index (χ3v) is 6.88. The Bertz CT molecular complexity index is 1480. The fourth-order valence-corrected chi connectivity index (χ4v) is 4.29. The monoisotopic (exact) mass is 498 g/mol. The molecule has 0 saturated heterocycles. The molecule has 4 aromatic rings. The highest BCUT2D eigenvalue weighted by molar-refractivity contribution is 7.99. The molecule has 1 aromatic heterocycles. The van der Waals surface area contributed by atoms with Crippen LogP contribution in [0.4, 0.5) is 0 Å². The molecule has 0 aliphatic carbocycles. The smallest absolute Gasteiger partial charge is 0.266 e. The molecule has 0 fully saturated rings. The third kappa shape index (κ3) is 5.42. The highest BCUT2D eigenvalue weighted by Crippen LogP contribution is 2.25. The minimum atomic E-state index is -0.983. The van der Waals surface area contributed by atoms with Gasteiger partial charge in [0.25, 0.3) is 5.56 Å². The van der Waals surface area contributed by atoms with Crippen molar-refractivity contribution in [3.8, 4) is 23.3 Å². The fourth-order valence-electron chi connectivity index (χ4n) is 3.48. The summed E-state index contributed by atoms with van der Waals surface area (Å²) in [6.07, 6.45) is 0. The maximum Gasteiger partial charge on any atom is 0.266 e. The summed E-state index contributed by atoms with van der Waals surface area (Å²) in [6.45, 7) is 5.46. The number of aromatic nitrogens is 2. The highest BCUT2D eigenvalue weighted by atomic mass is 32.2. The summed E-state index contributed by atoms with van der Waals surface area (Å²) in [4.78, 5) is 30.8. The molecule has 4 rings (SSSR count). The average Bonchev–Trinajstić information content (AvgIpc) is 2.88. The molecule has 1 unspecified atom stereocenters. The van der Waals surface area contributed by atoms with Crippen LogP contribution in [0.15, 0.2) is 88.8 Å². The van der Waals surface area contributed by atoms with E-state index in [9.17, 15) is 14.9 Å². The quantitative estimate of drug-likeness (QED) is 0.261. The lowest BCUT2D eigenvalue weighted by Crippen LogP contribution is -2.49.